The van der Waals surface area contributed by atoms with Crippen molar-refractivity contribution in [3.63, 3.8) is 0 Å². The Bertz CT molecular complexity index is 338. The van der Waals surface area contributed by atoms with Gasteiger partial charge in [-0.15, -0.1) is 0 Å². The summed E-state index contributed by atoms with van der Waals surface area (Å²) in [6.45, 7) is -0.642. The van der Waals surface area contributed by atoms with Gasteiger partial charge in [0.15, 0.2) is 6.10 Å². The van der Waals surface area contributed by atoms with Gasteiger partial charge in [-0.25, -0.2) is 0 Å². The summed E-state index contributed by atoms with van der Waals surface area (Å²) in [5.41, 5.74) is 4.91. The van der Waals surface area contributed by atoms with Gasteiger partial charge in [0.2, 0.25) is 5.91 Å². The van der Waals surface area contributed by atoms with Crippen molar-refractivity contribution in [2.45, 2.75) is 36.9 Å². The molecule has 0 spiro atoms. The number of nitrogens with one attached hydrogen (secondary N) is 1. The second kappa shape index (κ2) is 6.78. The number of amides is 2. The summed E-state index contributed by atoms with van der Waals surface area (Å²) in [6, 6.07) is -1.34. The lowest BCUT2D eigenvalue weighted by atomic mass is 9.97. The summed E-state index contributed by atoms with van der Waals surface area (Å²) >= 11 is 0. The Hall–Kier alpha value is -1.26. The van der Waals surface area contributed by atoms with Gasteiger partial charge >= 0.3 is 0 Å². The van der Waals surface area contributed by atoms with E-state index < -0.39 is 48.9 Å². The molecule has 0 aromatic rings. The molecule has 1 aliphatic rings. The van der Waals surface area contributed by atoms with E-state index in [0.717, 1.165) is 0 Å². The molecule has 19 heavy (non-hydrogen) atoms. The lowest BCUT2D eigenvalue weighted by Gasteiger charge is -2.34. The molecular weight excluding hydrogens is 260 g/mol. The van der Waals surface area contributed by atoms with Crippen LogP contribution in [0.3, 0.4) is 0 Å². The average Bonchev–Trinajstić information content (AvgIpc) is 2.37. The van der Waals surface area contributed by atoms with Gasteiger partial charge in [-0.1, -0.05) is 0 Å². The van der Waals surface area contributed by atoms with E-state index in [1.165, 1.54) is 0 Å². The van der Waals surface area contributed by atoms with Gasteiger partial charge in [-0.2, -0.15) is 0 Å². The zero-order valence-corrected chi connectivity index (χ0v) is 10.1. The minimum atomic E-state index is -1.79. The SMILES string of the molecule is NC(=O)C(CO)NC(=O)C(O)C1OCCC(O)C1O. The van der Waals surface area contributed by atoms with Gasteiger partial charge in [-0.05, 0) is 6.42 Å². The predicted molar refractivity (Wildman–Crippen MR) is 60.6 cm³/mol. The molecule has 1 rings (SSSR count). The highest BCUT2D eigenvalue weighted by Gasteiger charge is 2.40. The third-order valence-electron chi connectivity index (χ3n) is 2.88. The lowest BCUT2D eigenvalue weighted by Crippen LogP contribution is -2.58. The third kappa shape index (κ3) is 3.85. The number of aliphatic hydroxyl groups is 4. The molecule has 5 unspecified atom stereocenters. The van der Waals surface area contributed by atoms with Crippen molar-refractivity contribution >= 4 is 11.8 Å². The average molecular weight is 278 g/mol. The first-order chi connectivity index (χ1) is 8.88. The van der Waals surface area contributed by atoms with Crippen LogP contribution in [0.25, 0.3) is 0 Å². The number of nitrogens with two attached hydrogens (primary N) is 1. The number of hydrogen-bond acceptors (Lipinski definition) is 7. The second-order valence-corrected chi connectivity index (χ2v) is 4.27. The summed E-state index contributed by atoms with van der Waals surface area (Å²) in [5.74, 6) is -2.00. The molecule has 0 bridgehead atoms. The van der Waals surface area contributed by atoms with Crippen molar-refractivity contribution < 1.29 is 34.8 Å². The standard InChI is InChI=1S/C10H18N2O7/c11-9(17)4(3-13)12-10(18)7(16)8-6(15)5(14)1-2-19-8/h4-8,13-16H,1-3H2,(H2,11,17)(H,12,18). The van der Waals surface area contributed by atoms with Crippen LogP contribution >= 0.6 is 0 Å². The van der Waals surface area contributed by atoms with E-state index in [0.29, 0.717) is 0 Å². The van der Waals surface area contributed by atoms with E-state index in [1.807, 2.05) is 5.32 Å². The Morgan fingerprint density at radius 3 is 2.58 bits per heavy atom. The Kier molecular flexibility index (Phi) is 5.63. The molecule has 110 valence electrons. The minimum Gasteiger partial charge on any atom is -0.394 e. The third-order valence-corrected chi connectivity index (χ3v) is 2.88. The van der Waals surface area contributed by atoms with E-state index >= 15 is 0 Å². The summed E-state index contributed by atoms with van der Waals surface area (Å²) in [4.78, 5) is 22.4. The van der Waals surface area contributed by atoms with Crippen molar-refractivity contribution in [1.82, 2.24) is 5.32 Å². The quantitative estimate of drug-likeness (QED) is 0.297. The Morgan fingerprint density at radius 1 is 1.42 bits per heavy atom. The highest BCUT2D eigenvalue weighted by atomic mass is 16.5. The smallest absolute Gasteiger partial charge is 0.252 e. The first-order valence-electron chi connectivity index (χ1n) is 5.74. The highest BCUT2D eigenvalue weighted by Crippen LogP contribution is 2.17. The Labute approximate surface area is 109 Å². The fraction of sp³-hybridized carbons (Fsp3) is 0.800. The van der Waals surface area contributed by atoms with E-state index in [1.54, 1.807) is 0 Å². The summed E-state index contributed by atoms with van der Waals surface area (Å²) in [5, 5.41) is 39.6. The maximum Gasteiger partial charge on any atom is 0.252 e. The molecule has 0 aromatic heterocycles. The molecule has 9 nitrogen and oxygen atoms in total. The Balaban J connectivity index is 2.63. The van der Waals surface area contributed by atoms with E-state index in [9.17, 15) is 24.9 Å². The number of aliphatic hydroxyl groups excluding tert-OH is 4. The van der Waals surface area contributed by atoms with Crippen LogP contribution in [0, 0.1) is 0 Å². The number of rotatable bonds is 5. The largest absolute Gasteiger partial charge is 0.394 e. The van der Waals surface area contributed by atoms with Crippen molar-refractivity contribution in [1.29, 1.82) is 0 Å². The molecule has 1 fully saturated rings. The maximum absolute atomic E-state index is 11.6. The van der Waals surface area contributed by atoms with Crippen LogP contribution in [0.2, 0.25) is 0 Å². The monoisotopic (exact) mass is 278 g/mol. The Morgan fingerprint density at radius 2 is 2.05 bits per heavy atom. The second-order valence-electron chi connectivity index (χ2n) is 4.27. The molecular formula is C10H18N2O7. The van der Waals surface area contributed by atoms with Gasteiger partial charge in [-0.3, -0.25) is 9.59 Å². The minimum absolute atomic E-state index is 0.0759. The van der Waals surface area contributed by atoms with Crippen molar-refractivity contribution in [2.24, 2.45) is 5.73 Å². The van der Waals surface area contributed by atoms with Gasteiger partial charge in [0, 0.05) is 6.61 Å². The normalized spacial score (nSPS) is 30.4. The number of carbonyl (C=O) groups excluding carboxylic acids is 2. The van der Waals surface area contributed by atoms with Crippen molar-refractivity contribution in [2.75, 3.05) is 13.2 Å². The van der Waals surface area contributed by atoms with E-state index in [4.69, 9.17) is 15.6 Å². The van der Waals surface area contributed by atoms with Gasteiger partial charge < -0.3 is 36.2 Å². The topological polar surface area (TPSA) is 162 Å². The van der Waals surface area contributed by atoms with Crippen LogP contribution in [0.5, 0.6) is 0 Å². The molecule has 9 heteroatoms. The highest BCUT2D eigenvalue weighted by molar-refractivity contribution is 5.88. The van der Waals surface area contributed by atoms with E-state index in [2.05, 4.69) is 0 Å². The zero-order valence-electron chi connectivity index (χ0n) is 10.1. The van der Waals surface area contributed by atoms with Gasteiger partial charge in [0.1, 0.15) is 18.2 Å². The first-order valence-corrected chi connectivity index (χ1v) is 5.74. The molecule has 2 amide bonds. The molecule has 1 saturated heterocycles. The molecule has 0 saturated carbocycles. The molecule has 0 aromatic carbocycles. The van der Waals surface area contributed by atoms with Crippen LogP contribution in [0.1, 0.15) is 6.42 Å². The fourth-order valence-corrected chi connectivity index (χ4v) is 1.70. The lowest BCUT2D eigenvalue weighted by molar-refractivity contribution is -0.178. The molecule has 1 heterocycles. The van der Waals surface area contributed by atoms with Crippen LogP contribution in [-0.2, 0) is 14.3 Å². The maximum atomic E-state index is 11.6. The summed E-state index contributed by atoms with van der Waals surface area (Å²) < 4.78 is 5.02. The molecule has 1 aliphatic heterocycles. The number of ether oxygens (including phenoxy) is 1. The van der Waals surface area contributed by atoms with Crippen LogP contribution in [0.4, 0.5) is 0 Å². The number of primary amides is 1. The number of hydrogen-bond donors (Lipinski definition) is 6. The van der Waals surface area contributed by atoms with Gasteiger partial charge in [0.05, 0.1) is 12.7 Å². The van der Waals surface area contributed by atoms with Crippen LogP contribution in [0.15, 0.2) is 0 Å². The first kappa shape index (κ1) is 15.8. The number of carbonyl (C=O) groups is 2. The van der Waals surface area contributed by atoms with Crippen LogP contribution in [-0.4, -0.2) is 75.9 Å². The van der Waals surface area contributed by atoms with Crippen molar-refractivity contribution in [3.8, 4) is 0 Å². The van der Waals surface area contributed by atoms with Gasteiger partial charge in [0.25, 0.3) is 5.91 Å². The predicted octanol–water partition coefficient (Wildman–Crippen LogP) is -4.18. The van der Waals surface area contributed by atoms with Crippen LogP contribution < -0.4 is 11.1 Å². The molecule has 7 N–H and O–H groups in total. The molecule has 0 radical (unpaired) electrons. The summed E-state index contributed by atoms with van der Waals surface area (Å²) in [6.07, 6.45) is -5.44. The molecule has 5 atom stereocenters. The van der Waals surface area contributed by atoms with Crippen molar-refractivity contribution in [3.05, 3.63) is 0 Å². The fourth-order valence-electron chi connectivity index (χ4n) is 1.70. The molecule has 0 aliphatic carbocycles. The summed E-state index contributed by atoms with van der Waals surface area (Å²) in [7, 11) is 0. The zero-order chi connectivity index (χ0) is 14.6. The van der Waals surface area contributed by atoms with E-state index in [-0.39, 0.29) is 13.0 Å².